The van der Waals surface area contributed by atoms with Crippen molar-refractivity contribution in [3.8, 4) is 17.0 Å². The van der Waals surface area contributed by atoms with E-state index in [2.05, 4.69) is 11.9 Å². The predicted molar refractivity (Wildman–Crippen MR) is 100 cm³/mol. The van der Waals surface area contributed by atoms with Gasteiger partial charge in [-0.05, 0) is 49.9 Å². The second-order valence-electron chi connectivity index (χ2n) is 6.78. The Labute approximate surface area is 153 Å². The Kier molecular flexibility index (Phi) is 5.71. The molecule has 2 aromatic rings. The Morgan fingerprint density at radius 3 is 2.73 bits per heavy atom. The summed E-state index contributed by atoms with van der Waals surface area (Å²) in [6.07, 6.45) is 3.64. The van der Waals surface area contributed by atoms with Crippen LogP contribution >= 0.6 is 0 Å². The van der Waals surface area contributed by atoms with Crippen LogP contribution in [0.2, 0.25) is 0 Å². The molecule has 1 aliphatic rings. The van der Waals surface area contributed by atoms with E-state index in [0.29, 0.717) is 18.2 Å². The van der Waals surface area contributed by atoms with Gasteiger partial charge in [0.1, 0.15) is 12.3 Å². The maximum atomic E-state index is 12.4. The summed E-state index contributed by atoms with van der Waals surface area (Å²) in [4.78, 5) is 31.0. The number of nitrogens with zero attached hydrogens (tertiary/aromatic N) is 3. The quantitative estimate of drug-likeness (QED) is 0.827. The van der Waals surface area contributed by atoms with Crippen LogP contribution in [-0.4, -0.2) is 40.1 Å². The predicted octanol–water partition coefficient (Wildman–Crippen LogP) is 2.57. The van der Waals surface area contributed by atoms with Crippen molar-refractivity contribution < 1.29 is 9.53 Å². The molecule has 1 aromatic heterocycles. The number of benzene rings is 1. The first-order valence-electron chi connectivity index (χ1n) is 9.14. The number of hydrogen-bond donors (Lipinski definition) is 0. The van der Waals surface area contributed by atoms with Crippen LogP contribution in [0.25, 0.3) is 11.3 Å². The minimum absolute atomic E-state index is 0.0192. The molecule has 0 bridgehead atoms. The van der Waals surface area contributed by atoms with E-state index in [9.17, 15) is 9.59 Å². The first kappa shape index (κ1) is 18.2. The lowest BCUT2D eigenvalue weighted by Crippen LogP contribution is -2.42. The molecule has 1 saturated heterocycles. The smallest absolute Gasteiger partial charge is 0.254 e. The lowest BCUT2D eigenvalue weighted by molar-refractivity contribution is -0.133. The number of carbonyl (C=O) groups excluding carboxylic acids is 1. The number of carbonyl (C=O) groups is 1. The molecule has 1 atom stereocenters. The summed E-state index contributed by atoms with van der Waals surface area (Å²) in [6.45, 7) is 6.28. The topological polar surface area (TPSA) is 64.4 Å². The Hall–Kier alpha value is -2.63. The lowest BCUT2D eigenvalue weighted by Gasteiger charge is -2.31. The third-order valence-corrected chi connectivity index (χ3v) is 4.66. The summed E-state index contributed by atoms with van der Waals surface area (Å²) >= 11 is 0. The Balaban J connectivity index is 1.71. The number of aromatic nitrogens is 2. The van der Waals surface area contributed by atoms with E-state index < -0.39 is 0 Å². The summed E-state index contributed by atoms with van der Waals surface area (Å²) in [5.74, 6) is 1.28. The fourth-order valence-electron chi connectivity index (χ4n) is 3.25. The highest BCUT2D eigenvalue weighted by Crippen LogP contribution is 2.19. The van der Waals surface area contributed by atoms with Crippen LogP contribution in [-0.2, 0) is 11.3 Å². The van der Waals surface area contributed by atoms with Gasteiger partial charge in [0, 0.05) is 24.7 Å². The number of ether oxygens (including phenoxy) is 1. The third-order valence-electron chi connectivity index (χ3n) is 4.66. The molecule has 0 N–H and O–H groups in total. The molecule has 26 heavy (non-hydrogen) atoms. The van der Waals surface area contributed by atoms with Crippen molar-refractivity contribution in [2.75, 3.05) is 19.7 Å². The van der Waals surface area contributed by atoms with Gasteiger partial charge in [-0.2, -0.15) is 0 Å². The summed E-state index contributed by atoms with van der Waals surface area (Å²) < 4.78 is 6.79. The summed E-state index contributed by atoms with van der Waals surface area (Å²) in [5, 5.41) is 0. The van der Waals surface area contributed by atoms with Crippen LogP contribution in [0, 0.1) is 5.92 Å². The SMILES string of the molecule is CCOc1ccc(-c2cc(=O)n(CC(=O)N3CCC[C@@H](C)C3)cn2)cc1. The molecule has 0 aliphatic carbocycles. The molecular weight excluding hydrogens is 330 g/mol. The molecule has 0 saturated carbocycles. The standard InChI is InChI=1S/C20H25N3O3/c1-3-26-17-8-6-16(7-9-17)18-11-19(24)23(14-21-18)13-20(25)22-10-4-5-15(2)12-22/h6-9,11,14-15H,3-5,10,12-13H2,1-2H3/t15-/m1/s1. The fraction of sp³-hybridized carbons (Fsp3) is 0.450. The van der Waals surface area contributed by atoms with Crippen molar-refractivity contribution in [1.82, 2.24) is 14.5 Å². The van der Waals surface area contributed by atoms with Crippen LogP contribution in [0.1, 0.15) is 26.7 Å². The molecular formula is C20H25N3O3. The number of likely N-dealkylation sites (tertiary alicyclic amines) is 1. The van der Waals surface area contributed by atoms with Crippen molar-refractivity contribution in [2.24, 2.45) is 5.92 Å². The van der Waals surface area contributed by atoms with Crippen LogP contribution in [0.5, 0.6) is 5.75 Å². The molecule has 1 aliphatic heterocycles. The number of rotatable bonds is 5. The highest BCUT2D eigenvalue weighted by atomic mass is 16.5. The number of piperidine rings is 1. The van der Waals surface area contributed by atoms with Crippen molar-refractivity contribution in [2.45, 2.75) is 33.2 Å². The van der Waals surface area contributed by atoms with E-state index >= 15 is 0 Å². The molecule has 1 aromatic carbocycles. The summed E-state index contributed by atoms with van der Waals surface area (Å²) in [5.41, 5.74) is 1.21. The Morgan fingerprint density at radius 1 is 1.31 bits per heavy atom. The van der Waals surface area contributed by atoms with E-state index in [1.54, 1.807) is 0 Å². The minimum Gasteiger partial charge on any atom is -0.494 e. The molecule has 3 rings (SSSR count). The first-order chi connectivity index (χ1) is 12.6. The monoisotopic (exact) mass is 355 g/mol. The minimum atomic E-state index is -0.220. The third kappa shape index (κ3) is 4.31. The van der Waals surface area contributed by atoms with Crippen LogP contribution in [0.15, 0.2) is 41.5 Å². The van der Waals surface area contributed by atoms with E-state index in [1.807, 2.05) is 36.1 Å². The molecule has 0 radical (unpaired) electrons. The van der Waals surface area contributed by atoms with Gasteiger partial charge in [0.05, 0.1) is 18.6 Å². The highest BCUT2D eigenvalue weighted by molar-refractivity contribution is 5.76. The van der Waals surface area contributed by atoms with Gasteiger partial charge in [0.25, 0.3) is 5.56 Å². The largest absolute Gasteiger partial charge is 0.494 e. The lowest BCUT2D eigenvalue weighted by atomic mass is 10.0. The second kappa shape index (κ2) is 8.17. The normalized spacial score (nSPS) is 17.2. The van der Waals surface area contributed by atoms with Crippen molar-refractivity contribution in [3.63, 3.8) is 0 Å². The maximum Gasteiger partial charge on any atom is 0.254 e. The highest BCUT2D eigenvalue weighted by Gasteiger charge is 2.21. The van der Waals surface area contributed by atoms with Crippen molar-refractivity contribution in [3.05, 3.63) is 47.0 Å². The van der Waals surface area contributed by atoms with E-state index in [4.69, 9.17) is 4.74 Å². The summed E-state index contributed by atoms with van der Waals surface area (Å²) in [7, 11) is 0. The van der Waals surface area contributed by atoms with Gasteiger partial charge in [-0.15, -0.1) is 0 Å². The molecule has 0 unspecified atom stereocenters. The second-order valence-corrected chi connectivity index (χ2v) is 6.78. The van der Waals surface area contributed by atoms with Gasteiger partial charge in [-0.1, -0.05) is 6.92 Å². The Morgan fingerprint density at radius 2 is 2.08 bits per heavy atom. The van der Waals surface area contributed by atoms with Gasteiger partial charge in [-0.25, -0.2) is 4.98 Å². The zero-order valence-corrected chi connectivity index (χ0v) is 15.4. The molecule has 2 heterocycles. The Bertz CT molecular complexity index is 814. The average Bonchev–Trinajstić information content (AvgIpc) is 2.64. The van der Waals surface area contributed by atoms with Gasteiger partial charge in [0.15, 0.2) is 0 Å². The molecule has 6 nitrogen and oxygen atoms in total. The summed E-state index contributed by atoms with van der Waals surface area (Å²) in [6, 6.07) is 8.93. The maximum absolute atomic E-state index is 12.4. The molecule has 1 fully saturated rings. The zero-order chi connectivity index (χ0) is 18.5. The van der Waals surface area contributed by atoms with Gasteiger partial charge in [-0.3, -0.25) is 14.2 Å². The van der Waals surface area contributed by atoms with E-state index in [0.717, 1.165) is 37.2 Å². The van der Waals surface area contributed by atoms with Gasteiger partial charge in [0.2, 0.25) is 5.91 Å². The molecule has 1 amide bonds. The number of hydrogen-bond acceptors (Lipinski definition) is 4. The molecule has 0 spiro atoms. The first-order valence-corrected chi connectivity index (χ1v) is 9.14. The zero-order valence-electron chi connectivity index (χ0n) is 15.4. The van der Waals surface area contributed by atoms with Crippen LogP contribution in [0.3, 0.4) is 0 Å². The average molecular weight is 355 g/mol. The van der Waals surface area contributed by atoms with Crippen molar-refractivity contribution >= 4 is 5.91 Å². The van der Waals surface area contributed by atoms with E-state index in [-0.39, 0.29) is 18.0 Å². The van der Waals surface area contributed by atoms with Crippen molar-refractivity contribution in [1.29, 1.82) is 0 Å². The van der Waals surface area contributed by atoms with E-state index in [1.165, 1.54) is 17.0 Å². The van der Waals surface area contributed by atoms with Crippen LogP contribution < -0.4 is 10.3 Å². The molecule has 138 valence electrons. The molecule has 6 heteroatoms. The number of amides is 1. The van der Waals surface area contributed by atoms with Crippen LogP contribution in [0.4, 0.5) is 0 Å². The fourth-order valence-corrected chi connectivity index (χ4v) is 3.25. The van der Waals surface area contributed by atoms with Gasteiger partial charge < -0.3 is 9.64 Å². The van der Waals surface area contributed by atoms with Gasteiger partial charge >= 0.3 is 0 Å².